The summed E-state index contributed by atoms with van der Waals surface area (Å²) in [5, 5.41) is 0. The molecule has 36 heavy (non-hydrogen) atoms. The van der Waals surface area contributed by atoms with Crippen molar-refractivity contribution in [1.82, 2.24) is 0 Å². The van der Waals surface area contributed by atoms with E-state index < -0.39 is 63.2 Å². The molecule has 4 N–H and O–H groups in total. The van der Waals surface area contributed by atoms with Gasteiger partial charge in [0.2, 0.25) is 0 Å². The van der Waals surface area contributed by atoms with E-state index in [2.05, 4.69) is 11.8 Å². The van der Waals surface area contributed by atoms with Crippen LogP contribution < -0.4 is 11.5 Å². The number of benzene rings is 3. The van der Waals surface area contributed by atoms with Crippen molar-refractivity contribution >= 4 is 11.4 Å². The Morgan fingerprint density at radius 1 is 0.556 bits per heavy atom. The number of nitrogen functional groups attached to an aromatic ring is 2. The highest BCUT2D eigenvalue weighted by molar-refractivity contribution is 5.72. The molecule has 0 aliphatic heterocycles. The molecule has 0 unspecified atom stereocenters. The Morgan fingerprint density at radius 2 is 0.917 bits per heavy atom. The summed E-state index contributed by atoms with van der Waals surface area (Å²) < 4.78 is 108. The molecule has 186 valence electrons. The maximum Gasteiger partial charge on any atom is 0.416 e. The standard InChI is InChI=1S/C26H16F8N2/c1-13-7-14(2)9-15(8-13)3-5-19-21(27)24(36)20(22(28)23(19)35)6-4-16-10-17(25(29,30)31)12-18(11-16)26(32,33)34/h7-12H,35-36H2,1-2H3. The predicted molar refractivity (Wildman–Crippen MR) is 120 cm³/mol. The molecule has 0 bridgehead atoms. The zero-order valence-electron chi connectivity index (χ0n) is 18.6. The third kappa shape index (κ3) is 5.72. The monoisotopic (exact) mass is 508 g/mol. The van der Waals surface area contributed by atoms with Crippen molar-refractivity contribution in [1.29, 1.82) is 0 Å². The van der Waals surface area contributed by atoms with Gasteiger partial charge in [-0.1, -0.05) is 29.7 Å². The second-order valence-corrected chi connectivity index (χ2v) is 7.88. The summed E-state index contributed by atoms with van der Waals surface area (Å²) in [4.78, 5) is 0. The molecular formula is C26H16F8N2. The highest BCUT2D eigenvalue weighted by atomic mass is 19.4. The Morgan fingerprint density at radius 3 is 1.28 bits per heavy atom. The van der Waals surface area contributed by atoms with Gasteiger partial charge >= 0.3 is 12.4 Å². The molecule has 0 fully saturated rings. The molecule has 3 rings (SSSR count). The molecule has 0 aliphatic carbocycles. The van der Waals surface area contributed by atoms with Gasteiger partial charge in [-0.15, -0.1) is 0 Å². The second-order valence-electron chi connectivity index (χ2n) is 7.88. The van der Waals surface area contributed by atoms with Crippen LogP contribution in [-0.2, 0) is 12.4 Å². The molecule has 0 heterocycles. The fraction of sp³-hybridized carbons (Fsp3) is 0.154. The normalized spacial score (nSPS) is 11.4. The van der Waals surface area contributed by atoms with Gasteiger partial charge < -0.3 is 11.5 Å². The number of hydrogen-bond donors (Lipinski definition) is 2. The number of halogens is 8. The number of rotatable bonds is 0. The minimum atomic E-state index is -5.10. The molecule has 0 atom stereocenters. The Labute approximate surface area is 200 Å². The molecule has 3 aromatic rings. The third-order valence-electron chi connectivity index (χ3n) is 4.92. The molecular weight excluding hydrogens is 492 g/mol. The van der Waals surface area contributed by atoms with E-state index >= 15 is 0 Å². The van der Waals surface area contributed by atoms with Crippen molar-refractivity contribution < 1.29 is 35.1 Å². The topological polar surface area (TPSA) is 52.0 Å². The summed E-state index contributed by atoms with van der Waals surface area (Å²) in [5.74, 6) is 6.52. The molecule has 0 radical (unpaired) electrons. The van der Waals surface area contributed by atoms with E-state index in [9.17, 15) is 35.1 Å². The summed E-state index contributed by atoms with van der Waals surface area (Å²) >= 11 is 0. The van der Waals surface area contributed by atoms with Crippen LogP contribution in [0.5, 0.6) is 0 Å². The molecule has 0 saturated heterocycles. The van der Waals surface area contributed by atoms with Gasteiger partial charge in [-0.05, 0) is 55.3 Å². The lowest BCUT2D eigenvalue weighted by atomic mass is 10.0. The lowest BCUT2D eigenvalue weighted by Gasteiger charge is -2.12. The van der Waals surface area contributed by atoms with Gasteiger partial charge in [-0.25, -0.2) is 8.78 Å². The number of nitrogens with two attached hydrogens (primary N) is 2. The highest BCUT2D eigenvalue weighted by Crippen LogP contribution is 2.36. The predicted octanol–water partition coefficient (Wildman–Crippen LogP) is 6.58. The maximum absolute atomic E-state index is 14.9. The van der Waals surface area contributed by atoms with E-state index in [1.165, 1.54) is 0 Å². The Bertz CT molecular complexity index is 1400. The quantitative estimate of drug-likeness (QED) is 0.205. The average molecular weight is 508 g/mol. The van der Waals surface area contributed by atoms with Crippen LogP contribution in [0.4, 0.5) is 46.5 Å². The average Bonchev–Trinajstić information content (AvgIpc) is 2.75. The Balaban J connectivity index is 2.11. The van der Waals surface area contributed by atoms with E-state index in [1.54, 1.807) is 12.1 Å². The molecule has 0 amide bonds. The summed E-state index contributed by atoms with van der Waals surface area (Å²) in [6, 6.07) is 5.91. The highest BCUT2D eigenvalue weighted by Gasteiger charge is 2.36. The summed E-state index contributed by atoms with van der Waals surface area (Å²) in [5.41, 5.74) is 6.60. The van der Waals surface area contributed by atoms with E-state index in [1.807, 2.05) is 31.8 Å². The van der Waals surface area contributed by atoms with Gasteiger partial charge in [0.25, 0.3) is 0 Å². The fourth-order valence-corrected chi connectivity index (χ4v) is 3.31. The number of alkyl halides is 6. The summed E-state index contributed by atoms with van der Waals surface area (Å²) in [7, 11) is 0. The maximum atomic E-state index is 14.9. The van der Waals surface area contributed by atoms with Gasteiger partial charge in [0, 0.05) is 11.1 Å². The van der Waals surface area contributed by atoms with Crippen LogP contribution in [0.15, 0.2) is 36.4 Å². The zero-order chi connectivity index (χ0) is 27.0. The van der Waals surface area contributed by atoms with E-state index in [0.29, 0.717) is 17.7 Å². The molecule has 0 spiro atoms. The van der Waals surface area contributed by atoms with E-state index in [-0.39, 0.29) is 6.07 Å². The first kappa shape index (κ1) is 26.4. The van der Waals surface area contributed by atoms with Crippen molar-refractivity contribution in [3.05, 3.63) is 92.5 Å². The van der Waals surface area contributed by atoms with Gasteiger partial charge in [0.15, 0.2) is 11.6 Å². The lowest BCUT2D eigenvalue weighted by Crippen LogP contribution is -2.11. The first-order valence-corrected chi connectivity index (χ1v) is 10.1. The Kier molecular flexibility index (Phi) is 6.95. The van der Waals surface area contributed by atoms with Crippen LogP contribution in [0, 0.1) is 49.2 Å². The van der Waals surface area contributed by atoms with Crippen LogP contribution >= 0.6 is 0 Å². The van der Waals surface area contributed by atoms with Crippen molar-refractivity contribution in [2.24, 2.45) is 0 Å². The van der Waals surface area contributed by atoms with Crippen molar-refractivity contribution in [3.63, 3.8) is 0 Å². The van der Waals surface area contributed by atoms with Crippen molar-refractivity contribution in [2.45, 2.75) is 26.2 Å². The Hall–Kier alpha value is -4.18. The van der Waals surface area contributed by atoms with Gasteiger partial charge in [0.1, 0.15) is 0 Å². The van der Waals surface area contributed by atoms with Crippen LogP contribution in [0.25, 0.3) is 0 Å². The summed E-state index contributed by atoms with van der Waals surface area (Å²) in [6.07, 6.45) is -10.2. The van der Waals surface area contributed by atoms with Crippen LogP contribution in [0.3, 0.4) is 0 Å². The number of hydrogen-bond acceptors (Lipinski definition) is 2. The minimum Gasteiger partial charge on any atom is -0.395 e. The number of aryl methyl sites for hydroxylation is 2. The van der Waals surface area contributed by atoms with Gasteiger partial charge in [-0.3, -0.25) is 0 Å². The number of anilines is 2. The molecule has 0 aliphatic rings. The largest absolute Gasteiger partial charge is 0.416 e. The molecule has 2 nitrogen and oxygen atoms in total. The molecule has 0 saturated carbocycles. The lowest BCUT2D eigenvalue weighted by molar-refractivity contribution is -0.143. The van der Waals surface area contributed by atoms with Crippen molar-refractivity contribution in [2.75, 3.05) is 11.5 Å². The SMILES string of the molecule is Cc1cc(C)cc(C#Cc2c(N)c(F)c(C#Cc3cc(C(F)(F)F)cc(C(F)(F)F)c3)c(N)c2F)c1. The second kappa shape index (κ2) is 9.46. The van der Waals surface area contributed by atoms with Crippen molar-refractivity contribution in [3.8, 4) is 23.7 Å². The van der Waals surface area contributed by atoms with Crippen LogP contribution in [-0.4, -0.2) is 0 Å². The van der Waals surface area contributed by atoms with Crippen LogP contribution in [0.1, 0.15) is 44.5 Å². The zero-order valence-corrected chi connectivity index (χ0v) is 18.6. The first-order valence-electron chi connectivity index (χ1n) is 10.1. The minimum absolute atomic E-state index is 0.0824. The smallest absolute Gasteiger partial charge is 0.395 e. The van der Waals surface area contributed by atoms with E-state index in [0.717, 1.165) is 11.1 Å². The molecule has 3 aromatic carbocycles. The van der Waals surface area contributed by atoms with Gasteiger partial charge in [-0.2, -0.15) is 26.3 Å². The molecule has 0 aromatic heterocycles. The van der Waals surface area contributed by atoms with Gasteiger partial charge in [0.05, 0.1) is 33.6 Å². The summed E-state index contributed by atoms with van der Waals surface area (Å²) in [6.45, 7) is 3.64. The first-order chi connectivity index (χ1) is 16.6. The molecule has 10 heteroatoms. The van der Waals surface area contributed by atoms with E-state index in [4.69, 9.17) is 11.5 Å². The fourth-order valence-electron chi connectivity index (χ4n) is 3.31. The third-order valence-corrected chi connectivity index (χ3v) is 4.92. The van der Waals surface area contributed by atoms with Crippen LogP contribution in [0.2, 0.25) is 0 Å².